The summed E-state index contributed by atoms with van der Waals surface area (Å²) in [7, 11) is 0. The number of carbonyl (C=O) groups excluding carboxylic acids is 1. The van der Waals surface area contributed by atoms with Crippen molar-refractivity contribution < 1.29 is 13.6 Å². The molecule has 1 amide bonds. The summed E-state index contributed by atoms with van der Waals surface area (Å²) in [5.74, 6) is -1.78. The molecular formula is C13H17ClF2N2O. The normalized spacial score (nSPS) is 21.8. The molecule has 0 radical (unpaired) electrons. The Hall–Kier alpha value is -1.20. The van der Waals surface area contributed by atoms with Crippen LogP contribution in [0.1, 0.15) is 29.6 Å². The largest absolute Gasteiger partial charge is 0.349 e. The van der Waals surface area contributed by atoms with E-state index in [0.29, 0.717) is 12.6 Å². The molecule has 0 heterocycles. The van der Waals surface area contributed by atoms with Crippen molar-refractivity contribution in [1.29, 1.82) is 0 Å². The van der Waals surface area contributed by atoms with Crippen molar-refractivity contribution in [3.05, 3.63) is 35.4 Å². The lowest BCUT2D eigenvalue weighted by Crippen LogP contribution is -2.40. The van der Waals surface area contributed by atoms with Crippen LogP contribution in [0.5, 0.6) is 0 Å². The number of hydrogen-bond donors (Lipinski definition) is 2. The zero-order valence-electron chi connectivity index (χ0n) is 10.4. The molecule has 3 N–H and O–H groups in total. The van der Waals surface area contributed by atoms with Gasteiger partial charge < -0.3 is 11.1 Å². The molecule has 1 aliphatic carbocycles. The fraction of sp³-hybridized carbons (Fsp3) is 0.462. The summed E-state index contributed by atoms with van der Waals surface area (Å²) in [6.45, 7) is 0.511. The summed E-state index contributed by atoms with van der Waals surface area (Å²) in [4.78, 5) is 11.9. The highest BCUT2D eigenvalue weighted by atomic mass is 35.5. The Balaban J connectivity index is 0.00000180. The number of hydrogen-bond acceptors (Lipinski definition) is 2. The van der Waals surface area contributed by atoms with Gasteiger partial charge in [0.1, 0.15) is 11.6 Å². The Morgan fingerprint density at radius 2 is 2.11 bits per heavy atom. The average molecular weight is 291 g/mol. The summed E-state index contributed by atoms with van der Waals surface area (Å²) in [5.41, 5.74) is 5.49. The average Bonchev–Trinajstić information content (AvgIpc) is 2.76. The SMILES string of the molecule is Cl.NCC1CCCC1NC(=O)c1ccc(F)cc1F. The lowest BCUT2D eigenvalue weighted by Gasteiger charge is -2.19. The fourth-order valence-corrected chi connectivity index (χ4v) is 2.43. The van der Waals surface area contributed by atoms with Crippen LogP contribution in [0.15, 0.2) is 18.2 Å². The van der Waals surface area contributed by atoms with Gasteiger partial charge in [-0.15, -0.1) is 12.4 Å². The number of rotatable bonds is 3. The Labute approximate surface area is 117 Å². The lowest BCUT2D eigenvalue weighted by molar-refractivity contribution is 0.0924. The molecule has 6 heteroatoms. The Morgan fingerprint density at radius 1 is 1.37 bits per heavy atom. The standard InChI is InChI=1S/C13H16F2N2O.ClH/c14-9-4-5-10(11(15)6-9)13(18)17-12-3-1-2-8(12)7-16;/h4-6,8,12H,1-3,7,16H2,(H,17,18);1H. The number of nitrogens with one attached hydrogen (secondary N) is 1. The van der Waals surface area contributed by atoms with Crippen molar-refractivity contribution in [2.24, 2.45) is 11.7 Å². The van der Waals surface area contributed by atoms with E-state index in [4.69, 9.17) is 5.73 Å². The van der Waals surface area contributed by atoms with Crippen molar-refractivity contribution in [3.63, 3.8) is 0 Å². The first-order valence-corrected chi connectivity index (χ1v) is 6.08. The maximum Gasteiger partial charge on any atom is 0.254 e. The summed E-state index contributed by atoms with van der Waals surface area (Å²) in [5, 5.41) is 2.78. The molecule has 1 aliphatic rings. The summed E-state index contributed by atoms with van der Waals surface area (Å²) in [6.07, 6.45) is 2.85. The zero-order valence-corrected chi connectivity index (χ0v) is 11.2. The second-order valence-corrected chi connectivity index (χ2v) is 4.63. The molecule has 19 heavy (non-hydrogen) atoms. The van der Waals surface area contributed by atoms with Crippen LogP contribution in [-0.4, -0.2) is 18.5 Å². The zero-order chi connectivity index (χ0) is 13.1. The van der Waals surface area contributed by atoms with Gasteiger partial charge in [-0.2, -0.15) is 0 Å². The lowest BCUT2D eigenvalue weighted by atomic mass is 10.0. The number of benzene rings is 1. The van der Waals surface area contributed by atoms with Crippen LogP contribution in [0.4, 0.5) is 8.78 Å². The Morgan fingerprint density at radius 3 is 2.74 bits per heavy atom. The van der Waals surface area contributed by atoms with E-state index in [1.807, 2.05) is 0 Å². The number of carbonyl (C=O) groups is 1. The molecule has 0 bridgehead atoms. The third-order valence-corrected chi connectivity index (χ3v) is 3.45. The van der Waals surface area contributed by atoms with Crippen molar-refractivity contribution in [1.82, 2.24) is 5.32 Å². The van der Waals surface area contributed by atoms with Crippen molar-refractivity contribution >= 4 is 18.3 Å². The first-order valence-electron chi connectivity index (χ1n) is 6.08. The number of halogens is 3. The van der Waals surface area contributed by atoms with Gasteiger partial charge in [0.15, 0.2) is 0 Å². The monoisotopic (exact) mass is 290 g/mol. The molecule has 1 saturated carbocycles. The maximum absolute atomic E-state index is 13.4. The van der Waals surface area contributed by atoms with E-state index in [-0.39, 0.29) is 29.9 Å². The molecule has 1 aromatic carbocycles. The van der Waals surface area contributed by atoms with E-state index < -0.39 is 17.5 Å². The molecule has 2 atom stereocenters. The predicted octanol–water partition coefficient (Wildman–Crippen LogP) is 2.24. The van der Waals surface area contributed by atoms with E-state index in [2.05, 4.69) is 5.32 Å². The van der Waals surface area contributed by atoms with Crippen molar-refractivity contribution in [2.75, 3.05) is 6.54 Å². The first kappa shape index (κ1) is 15.9. The molecule has 2 rings (SSSR count). The highest BCUT2D eigenvalue weighted by molar-refractivity contribution is 5.94. The highest BCUT2D eigenvalue weighted by Crippen LogP contribution is 2.25. The van der Waals surface area contributed by atoms with Crippen LogP contribution >= 0.6 is 12.4 Å². The molecule has 0 saturated heterocycles. The highest BCUT2D eigenvalue weighted by Gasteiger charge is 2.28. The minimum Gasteiger partial charge on any atom is -0.349 e. The van der Waals surface area contributed by atoms with E-state index in [0.717, 1.165) is 31.4 Å². The minimum atomic E-state index is -0.838. The minimum absolute atomic E-state index is 0. The summed E-state index contributed by atoms with van der Waals surface area (Å²) < 4.78 is 26.2. The van der Waals surface area contributed by atoms with Gasteiger partial charge in [0.25, 0.3) is 5.91 Å². The van der Waals surface area contributed by atoms with Gasteiger partial charge in [-0.3, -0.25) is 4.79 Å². The Bertz CT molecular complexity index is 456. The summed E-state index contributed by atoms with van der Waals surface area (Å²) >= 11 is 0. The van der Waals surface area contributed by atoms with Gasteiger partial charge in [0, 0.05) is 12.1 Å². The molecule has 3 nitrogen and oxygen atoms in total. The van der Waals surface area contributed by atoms with Gasteiger partial charge in [-0.1, -0.05) is 6.42 Å². The molecule has 1 fully saturated rings. The third kappa shape index (κ3) is 3.64. The van der Waals surface area contributed by atoms with Crippen LogP contribution < -0.4 is 11.1 Å². The molecule has 1 aromatic rings. The molecule has 0 aliphatic heterocycles. The third-order valence-electron chi connectivity index (χ3n) is 3.45. The van der Waals surface area contributed by atoms with Crippen LogP contribution in [0, 0.1) is 17.6 Å². The maximum atomic E-state index is 13.4. The number of nitrogens with two attached hydrogens (primary N) is 1. The van der Waals surface area contributed by atoms with Crippen molar-refractivity contribution in [3.8, 4) is 0 Å². The van der Waals surface area contributed by atoms with E-state index in [1.165, 1.54) is 0 Å². The second kappa shape index (κ2) is 6.82. The number of amides is 1. The second-order valence-electron chi connectivity index (χ2n) is 4.63. The molecular weight excluding hydrogens is 274 g/mol. The fourth-order valence-electron chi connectivity index (χ4n) is 2.43. The first-order chi connectivity index (χ1) is 8.61. The van der Waals surface area contributed by atoms with Gasteiger partial charge in [0.05, 0.1) is 5.56 Å². The van der Waals surface area contributed by atoms with Gasteiger partial charge in [0.2, 0.25) is 0 Å². The van der Waals surface area contributed by atoms with Crippen molar-refractivity contribution in [2.45, 2.75) is 25.3 Å². The Kier molecular flexibility index (Phi) is 5.69. The van der Waals surface area contributed by atoms with E-state index in [9.17, 15) is 13.6 Å². The predicted molar refractivity (Wildman–Crippen MR) is 71.3 cm³/mol. The van der Waals surface area contributed by atoms with Gasteiger partial charge in [-0.25, -0.2) is 8.78 Å². The molecule has 2 unspecified atom stereocenters. The van der Waals surface area contributed by atoms with E-state index >= 15 is 0 Å². The quantitative estimate of drug-likeness (QED) is 0.897. The van der Waals surface area contributed by atoms with Crippen LogP contribution in [0.25, 0.3) is 0 Å². The summed E-state index contributed by atoms with van der Waals surface area (Å²) in [6, 6.07) is 2.94. The molecule has 0 aromatic heterocycles. The van der Waals surface area contributed by atoms with Crippen LogP contribution in [0.2, 0.25) is 0 Å². The van der Waals surface area contributed by atoms with E-state index in [1.54, 1.807) is 0 Å². The topological polar surface area (TPSA) is 55.1 Å². The molecule has 106 valence electrons. The smallest absolute Gasteiger partial charge is 0.254 e. The van der Waals surface area contributed by atoms with Gasteiger partial charge in [-0.05, 0) is 37.4 Å². The van der Waals surface area contributed by atoms with Crippen LogP contribution in [0.3, 0.4) is 0 Å². The van der Waals surface area contributed by atoms with Gasteiger partial charge >= 0.3 is 0 Å². The molecule has 0 spiro atoms. The van der Waals surface area contributed by atoms with Crippen LogP contribution in [-0.2, 0) is 0 Å².